The molecule has 0 N–H and O–H groups in total. The van der Waals surface area contributed by atoms with Gasteiger partial charge in [0.15, 0.2) is 0 Å². The van der Waals surface area contributed by atoms with Gasteiger partial charge >= 0.3 is 5.97 Å². The maximum absolute atomic E-state index is 13.4. The molecule has 1 aromatic carbocycles. The van der Waals surface area contributed by atoms with Gasteiger partial charge in [-0.05, 0) is 37.3 Å². The molecule has 6 nitrogen and oxygen atoms in total. The van der Waals surface area contributed by atoms with Crippen LogP contribution in [0.4, 0.5) is 0 Å². The summed E-state index contributed by atoms with van der Waals surface area (Å²) < 4.78 is 12.6. The molecule has 1 aliphatic heterocycles. The van der Waals surface area contributed by atoms with Crippen LogP contribution in [0.15, 0.2) is 29.1 Å². The highest BCUT2D eigenvalue weighted by Gasteiger charge is 2.37. The Balaban J connectivity index is 2.29. The maximum Gasteiger partial charge on any atom is 0.329 e. The second-order valence-corrected chi connectivity index (χ2v) is 7.68. The molecule has 2 unspecified atom stereocenters. The predicted molar refractivity (Wildman–Crippen MR) is 99.1 cm³/mol. The lowest BCUT2D eigenvalue weighted by atomic mass is 9.86. The number of carbonyl (C=O) groups is 1. The van der Waals surface area contributed by atoms with Crippen molar-refractivity contribution >= 4 is 17.0 Å². The predicted octanol–water partition coefficient (Wildman–Crippen LogP) is 3.40. The maximum atomic E-state index is 13.4. The summed E-state index contributed by atoms with van der Waals surface area (Å²) in [5, 5.41) is 0. The number of hydrogen-bond donors (Lipinski definition) is 0. The molecule has 1 aromatic heterocycles. The van der Waals surface area contributed by atoms with E-state index in [-0.39, 0.29) is 18.3 Å². The number of hydrogen-bond acceptors (Lipinski definition) is 5. The molecule has 1 aliphatic rings. The van der Waals surface area contributed by atoms with Crippen LogP contribution in [0.2, 0.25) is 0 Å². The molecule has 140 valence electrons. The van der Waals surface area contributed by atoms with E-state index >= 15 is 0 Å². The van der Waals surface area contributed by atoms with Crippen molar-refractivity contribution < 1.29 is 14.3 Å². The lowest BCUT2D eigenvalue weighted by Gasteiger charge is -2.31. The number of para-hydroxylation sites is 2. The van der Waals surface area contributed by atoms with Gasteiger partial charge in [0.1, 0.15) is 17.8 Å². The Kier molecular flexibility index (Phi) is 5.14. The van der Waals surface area contributed by atoms with Crippen LogP contribution in [0, 0.1) is 5.41 Å². The van der Waals surface area contributed by atoms with E-state index in [2.05, 4.69) is 4.98 Å². The summed E-state index contributed by atoms with van der Waals surface area (Å²) in [7, 11) is 0. The van der Waals surface area contributed by atoms with Crippen LogP contribution >= 0.6 is 0 Å². The average Bonchev–Trinajstić information content (AvgIpc) is 3.10. The molecule has 1 saturated heterocycles. The van der Waals surface area contributed by atoms with E-state index < -0.39 is 17.4 Å². The van der Waals surface area contributed by atoms with Gasteiger partial charge in [0.2, 0.25) is 0 Å². The molecule has 0 amide bonds. The number of rotatable bonds is 4. The minimum Gasteiger partial charge on any atom is -0.464 e. The van der Waals surface area contributed by atoms with Gasteiger partial charge < -0.3 is 9.47 Å². The van der Waals surface area contributed by atoms with Gasteiger partial charge in [0, 0.05) is 6.61 Å². The van der Waals surface area contributed by atoms with Crippen LogP contribution < -0.4 is 5.56 Å². The summed E-state index contributed by atoms with van der Waals surface area (Å²) in [5.41, 5.74) is 0.903. The first-order chi connectivity index (χ1) is 12.3. The lowest BCUT2D eigenvalue weighted by Crippen LogP contribution is -2.41. The summed E-state index contributed by atoms with van der Waals surface area (Å²) in [5.74, 6) is -0.406. The van der Waals surface area contributed by atoms with E-state index in [1.807, 2.05) is 45.0 Å². The van der Waals surface area contributed by atoms with Gasteiger partial charge in [-0.15, -0.1) is 0 Å². The zero-order valence-electron chi connectivity index (χ0n) is 15.8. The second-order valence-electron chi connectivity index (χ2n) is 7.68. The van der Waals surface area contributed by atoms with Crippen LogP contribution in [0.25, 0.3) is 11.0 Å². The molecule has 2 aromatic rings. The molecule has 3 rings (SSSR count). The summed E-state index contributed by atoms with van der Waals surface area (Å²) in [4.78, 5) is 30.7. The van der Waals surface area contributed by atoms with Crippen LogP contribution in [0.3, 0.4) is 0 Å². The van der Waals surface area contributed by atoms with Gasteiger partial charge in [0.05, 0.1) is 17.6 Å². The van der Waals surface area contributed by atoms with Gasteiger partial charge in [-0.2, -0.15) is 0 Å². The van der Waals surface area contributed by atoms with Crippen molar-refractivity contribution in [3.8, 4) is 0 Å². The molecule has 2 atom stereocenters. The Morgan fingerprint density at radius 2 is 2.12 bits per heavy atom. The van der Waals surface area contributed by atoms with E-state index in [9.17, 15) is 9.59 Å². The third kappa shape index (κ3) is 3.38. The molecule has 0 aliphatic carbocycles. The topological polar surface area (TPSA) is 70.4 Å². The number of nitrogens with zero attached hydrogens (tertiary/aromatic N) is 2. The summed E-state index contributed by atoms with van der Waals surface area (Å²) in [6, 6.07) is 6.65. The lowest BCUT2D eigenvalue weighted by molar-refractivity contribution is -0.150. The number of carbonyl (C=O) groups excluding carboxylic acids is 1. The van der Waals surface area contributed by atoms with Crippen LogP contribution in [-0.4, -0.2) is 28.7 Å². The fraction of sp³-hybridized carbons (Fsp3) is 0.550. The van der Waals surface area contributed by atoms with E-state index in [0.29, 0.717) is 23.3 Å². The molecule has 0 bridgehead atoms. The first-order valence-electron chi connectivity index (χ1n) is 9.14. The quantitative estimate of drug-likeness (QED) is 0.784. The Morgan fingerprint density at radius 1 is 1.38 bits per heavy atom. The van der Waals surface area contributed by atoms with Crippen LogP contribution in [-0.2, 0) is 14.3 Å². The highest BCUT2D eigenvalue weighted by atomic mass is 16.5. The van der Waals surface area contributed by atoms with E-state index in [1.54, 1.807) is 11.5 Å². The average molecular weight is 358 g/mol. The monoisotopic (exact) mass is 358 g/mol. The second kappa shape index (κ2) is 7.19. The Morgan fingerprint density at radius 3 is 2.73 bits per heavy atom. The smallest absolute Gasteiger partial charge is 0.329 e. The van der Waals surface area contributed by atoms with E-state index in [4.69, 9.17) is 9.47 Å². The SMILES string of the molecule is CCOC(=O)C(n1c(=O)c(C2CCCO2)nc2ccccc21)C(C)(C)C. The first-order valence-corrected chi connectivity index (χ1v) is 9.14. The van der Waals surface area contributed by atoms with Crippen LogP contribution in [0.1, 0.15) is 58.4 Å². The van der Waals surface area contributed by atoms with Crippen molar-refractivity contribution in [1.29, 1.82) is 0 Å². The zero-order valence-corrected chi connectivity index (χ0v) is 15.8. The van der Waals surface area contributed by atoms with Crippen molar-refractivity contribution in [3.63, 3.8) is 0 Å². The molecule has 1 fully saturated rings. The van der Waals surface area contributed by atoms with E-state index in [1.165, 1.54) is 0 Å². The van der Waals surface area contributed by atoms with Crippen LogP contribution in [0.5, 0.6) is 0 Å². The van der Waals surface area contributed by atoms with Gasteiger partial charge in [0.25, 0.3) is 5.56 Å². The van der Waals surface area contributed by atoms with Crippen molar-refractivity contribution in [1.82, 2.24) is 9.55 Å². The normalized spacial score (nSPS) is 18.8. The first kappa shape index (κ1) is 18.6. The van der Waals surface area contributed by atoms with Crippen molar-refractivity contribution in [2.24, 2.45) is 5.41 Å². The third-order valence-electron chi connectivity index (χ3n) is 4.64. The highest BCUT2D eigenvalue weighted by Crippen LogP contribution is 2.34. The largest absolute Gasteiger partial charge is 0.464 e. The van der Waals surface area contributed by atoms with Gasteiger partial charge in [-0.3, -0.25) is 9.36 Å². The molecule has 26 heavy (non-hydrogen) atoms. The van der Waals surface area contributed by atoms with E-state index in [0.717, 1.165) is 12.8 Å². The third-order valence-corrected chi connectivity index (χ3v) is 4.64. The molecule has 2 heterocycles. The molecule has 0 spiro atoms. The Labute approximate surface area is 153 Å². The summed E-state index contributed by atoms with van der Waals surface area (Å²) >= 11 is 0. The standard InChI is InChI=1S/C20H26N2O4/c1-5-25-19(24)17(20(2,3)4)22-14-10-7-6-9-13(14)21-16(18(22)23)15-11-8-12-26-15/h6-7,9-10,15,17H,5,8,11-12H2,1-4H3. The number of benzene rings is 1. The number of fused-ring (bicyclic) bond motifs is 1. The molecular formula is C20H26N2O4. The molecular weight excluding hydrogens is 332 g/mol. The van der Waals surface area contributed by atoms with Gasteiger partial charge in [-0.1, -0.05) is 32.9 Å². The minimum atomic E-state index is -0.747. The van der Waals surface area contributed by atoms with Crippen molar-refractivity contribution in [2.45, 2.75) is 52.7 Å². The fourth-order valence-electron chi connectivity index (χ4n) is 3.50. The number of esters is 1. The molecule has 0 radical (unpaired) electrons. The minimum absolute atomic E-state index is 0.266. The zero-order chi connectivity index (χ0) is 18.9. The number of aromatic nitrogens is 2. The Bertz CT molecular complexity index is 860. The molecule has 6 heteroatoms. The summed E-state index contributed by atoms with van der Waals surface area (Å²) in [6.07, 6.45) is 1.35. The molecule has 0 saturated carbocycles. The van der Waals surface area contributed by atoms with Gasteiger partial charge in [-0.25, -0.2) is 9.78 Å². The highest BCUT2D eigenvalue weighted by molar-refractivity contribution is 5.80. The van der Waals surface area contributed by atoms with Crippen molar-refractivity contribution in [3.05, 3.63) is 40.3 Å². The summed E-state index contributed by atoms with van der Waals surface area (Å²) in [6.45, 7) is 8.45. The number of ether oxygens (including phenoxy) is 2. The fourth-order valence-corrected chi connectivity index (χ4v) is 3.50. The Hall–Kier alpha value is -2.21. The van der Waals surface area contributed by atoms with Crippen molar-refractivity contribution in [2.75, 3.05) is 13.2 Å².